The number of amides is 1. The minimum atomic E-state index is -2.89. The molecule has 0 saturated carbocycles. The zero-order valence-electron chi connectivity index (χ0n) is 10.8. The Bertz CT molecular complexity index is 432. The van der Waals surface area contributed by atoms with Crippen LogP contribution in [-0.4, -0.2) is 31.1 Å². The van der Waals surface area contributed by atoms with Crippen molar-refractivity contribution >= 4 is 18.5 Å². The van der Waals surface area contributed by atoms with Gasteiger partial charge in [-0.05, 0) is 5.56 Å². The Kier molecular flexibility index (Phi) is 6.16. The first-order valence-corrected chi connectivity index (χ1v) is 6.14. The molecule has 2 N–H and O–H groups in total. The SMILES string of the molecule is Cl.O=C(NC1CNCCC1(F)F)OCc1ccccc1. The third-order valence-corrected chi connectivity index (χ3v) is 3.00. The molecule has 2 rings (SSSR count). The summed E-state index contributed by atoms with van der Waals surface area (Å²) >= 11 is 0. The molecule has 0 aliphatic carbocycles. The zero-order valence-corrected chi connectivity index (χ0v) is 11.6. The summed E-state index contributed by atoms with van der Waals surface area (Å²) in [5.74, 6) is -2.89. The summed E-state index contributed by atoms with van der Waals surface area (Å²) in [4.78, 5) is 11.5. The molecule has 0 bridgehead atoms. The van der Waals surface area contributed by atoms with E-state index in [4.69, 9.17) is 4.74 Å². The standard InChI is InChI=1S/C13H16F2N2O2.ClH/c14-13(15)6-7-16-8-11(13)17-12(18)19-9-10-4-2-1-3-5-10;/h1-5,11,16H,6-9H2,(H,17,18);1H. The second kappa shape index (κ2) is 7.40. The van der Waals surface area contributed by atoms with Gasteiger partial charge in [0.2, 0.25) is 0 Å². The van der Waals surface area contributed by atoms with Gasteiger partial charge in [-0.3, -0.25) is 0 Å². The number of halogens is 3. The molecule has 1 amide bonds. The van der Waals surface area contributed by atoms with Crippen LogP contribution in [0.4, 0.5) is 13.6 Å². The number of alkyl carbamates (subject to hydrolysis) is 1. The third-order valence-electron chi connectivity index (χ3n) is 3.00. The predicted octanol–water partition coefficient (Wildman–Crippen LogP) is 2.33. The van der Waals surface area contributed by atoms with Crippen LogP contribution in [0.3, 0.4) is 0 Å². The van der Waals surface area contributed by atoms with Crippen LogP contribution >= 0.6 is 12.4 Å². The van der Waals surface area contributed by atoms with Crippen molar-refractivity contribution < 1.29 is 18.3 Å². The van der Waals surface area contributed by atoms with E-state index in [0.29, 0.717) is 0 Å². The van der Waals surface area contributed by atoms with Crippen LogP contribution < -0.4 is 10.6 Å². The molecule has 4 nitrogen and oxygen atoms in total. The minimum Gasteiger partial charge on any atom is -0.445 e. The van der Waals surface area contributed by atoms with Gasteiger partial charge in [-0.1, -0.05) is 30.3 Å². The van der Waals surface area contributed by atoms with E-state index in [1.165, 1.54) is 0 Å². The lowest BCUT2D eigenvalue weighted by Gasteiger charge is -2.31. The highest BCUT2D eigenvalue weighted by Gasteiger charge is 2.42. The van der Waals surface area contributed by atoms with Crippen molar-refractivity contribution in [1.82, 2.24) is 10.6 Å². The molecule has 112 valence electrons. The van der Waals surface area contributed by atoms with Crippen molar-refractivity contribution in [2.24, 2.45) is 0 Å². The van der Waals surface area contributed by atoms with Gasteiger partial charge in [0.05, 0.1) is 0 Å². The quantitative estimate of drug-likeness (QED) is 0.901. The second-order valence-corrected chi connectivity index (χ2v) is 4.47. The fourth-order valence-electron chi connectivity index (χ4n) is 1.89. The topological polar surface area (TPSA) is 50.4 Å². The molecule has 0 aromatic heterocycles. The molecule has 1 heterocycles. The maximum absolute atomic E-state index is 13.5. The molecule has 7 heteroatoms. The minimum absolute atomic E-state index is 0. The van der Waals surface area contributed by atoms with E-state index >= 15 is 0 Å². The average Bonchev–Trinajstić information content (AvgIpc) is 2.40. The molecule has 1 aromatic rings. The van der Waals surface area contributed by atoms with E-state index < -0.39 is 18.1 Å². The Morgan fingerprint density at radius 3 is 2.75 bits per heavy atom. The summed E-state index contributed by atoms with van der Waals surface area (Å²) in [6.07, 6.45) is -1.10. The molecule has 1 aliphatic heterocycles. The molecule has 1 aliphatic rings. The molecule has 0 spiro atoms. The first-order valence-electron chi connectivity index (χ1n) is 6.14. The van der Waals surface area contributed by atoms with Crippen molar-refractivity contribution in [3.8, 4) is 0 Å². The largest absolute Gasteiger partial charge is 0.445 e. The molecule has 1 unspecified atom stereocenters. The fraction of sp³-hybridized carbons (Fsp3) is 0.462. The van der Waals surface area contributed by atoms with Gasteiger partial charge in [-0.2, -0.15) is 0 Å². The number of ether oxygens (including phenoxy) is 1. The van der Waals surface area contributed by atoms with Crippen LogP contribution in [0.5, 0.6) is 0 Å². The molecule has 0 radical (unpaired) electrons. The number of hydrogen-bond donors (Lipinski definition) is 2. The Morgan fingerprint density at radius 2 is 2.10 bits per heavy atom. The van der Waals surface area contributed by atoms with Crippen molar-refractivity contribution in [2.75, 3.05) is 13.1 Å². The molecule has 1 fully saturated rings. The number of carbonyl (C=O) groups excluding carboxylic acids is 1. The summed E-state index contributed by atoms with van der Waals surface area (Å²) in [5.41, 5.74) is 0.811. The van der Waals surface area contributed by atoms with Gasteiger partial charge in [-0.25, -0.2) is 13.6 Å². The molecular weight excluding hydrogens is 290 g/mol. The molecular formula is C13H17ClF2N2O2. The number of carbonyl (C=O) groups is 1. The van der Waals surface area contributed by atoms with Crippen molar-refractivity contribution in [3.05, 3.63) is 35.9 Å². The number of nitrogens with one attached hydrogen (secondary N) is 2. The monoisotopic (exact) mass is 306 g/mol. The van der Waals surface area contributed by atoms with Crippen molar-refractivity contribution in [2.45, 2.75) is 25.0 Å². The van der Waals surface area contributed by atoms with Gasteiger partial charge in [-0.15, -0.1) is 12.4 Å². The van der Waals surface area contributed by atoms with Gasteiger partial charge in [0.25, 0.3) is 5.92 Å². The maximum Gasteiger partial charge on any atom is 0.407 e. The van der Waals surface area contributed by atoms with E-state index in [2.05, 4.69) is 10.6 Å². The number of benzene rings is 1. The van der Waals surface area contributed by atoms with Crippen LogP contribution in [0, 0.1) is 0 Å². The molecule has 1 atom stereocenters. The van der Waals surface area contributed by atoms with Crippen LogP contribution in [0.1, 0.15) is 12.0 Å². The average molecular weight is 307 g/mol. The van der Waals surface area contributed by atoms with Gasteiger partial charge < -0.3 is 15.4 Å². The Hall–Kier alpha value is -1.40. The highest BCUT2D eigenvalue weighted by molar-refractivity contribution is 5.85. The highest BCUT2D eigenvalue weighted by atomic mass is 35.5. The molecule has 1 saturated heterocycles. The van der Waals surface area contributed by atoms with Crippen LogP contribution in [0.25, 0.3) is 0 Å². The van der Waals surface area contributed by atoms with Gasteiger partial charge in [0.15, 0.2) is 0 Å². The molecule has 1 aromatic carbocycles. The Balaban J connectivity index is 0.00000200. The van der Waals surface area contributed by atoms with Crippen LogP contribution in [0.2, 0.25) is 0 Å². The number of rotatable bonds is 3. The van der Waals surface area contributed by atoms with E-state index in [1.54, 1.807) is 12.1 Å². The number of piperidine rings is 1. The predicted molar refractivity (Wildman–Crippen MR) is 73.2 cm³/mol. The number of hydrogen-bond acceptors (Lipinski definition) is 3. The Morgan fingerprint density at radius 1 is 1.40 bits per heavy atom. The summed E-state index contributed by atoms with van der Waals surface area (Å²) < 4.78 is 31.9. The first kappa shape index (κ1) is 16.7. The van der Waals surface area contributed by atoms with Gasteiger partial charge >= 0.3 is 6.09 Å². The van der Waals surface area contributed by atoms with E-state index in [1.807, 2.05) is 18.2 Å². The molecule has 20 heavy (non-hydrogen) atoms. The second-order valence-electron chi connectivity index (χ2n) is 4.47. The van der Waals surface area contributed by atoms with Gasteiger partial charge in [0, 0.05) is 19.5 Å². The van der Waals surface area contributed by atoms with E-state index in [9.17, 15) is 13.6 Å². The summed E-state index contributed by atoms with van der Waals surface area (Å²) in [7, 11) is 0. The summed E-state index contributed by atoms with van der Waals surface area (Å²) in [5, 5.41) is 5.03. The lowest BCUT2D eigenvalue weighted by molar-refractivity contribution is -0.0559. The first-order chi connectivity index (χ1) is 9.08. The maximum atomic E-state index is 13.5. The normalized spacial score (nSPS) is 20.6. The van der Waals surface area contributed by atoms with E-state index in [-0.39, 0.29) is 38.5 Å². The van der Waals surface area contributed by atoms with E-state index in [0.717, 1.165) is 5.56 Å². The summed E-state index contributed by atoms with van der Waals surface area (Å²) in [6, 6.07) is 7.85. The Labute approximate surface area is 122 Å². The number of alkyl halides is 2. The van der Waals surface area contributed by atoms with Crippen molar-refractivity contribution in [3.63, 3.8) is 0 Å². The zero-order chi connectivity index (χ0) is 13.7. The fourth-order valence-corrected chi connectivity index (χ4v) is 1.89. The highest BCUT2D eigenvalue weighted by Crippen LogP contribution is 2.25. The van der Waals surface area contributed by atoms with Crippen LogP contribution in [-0.2, 0) is 11.3 Å². The smallest absolute Gasteiger partial charge is 0.407 e. The van der Waals surface area contributed by atoms with Gasteiger partial charge in [0.1, 0.15) is 12.6 Å². The third kappa shape index (κ3) is 4.61. The summed E-state index contributed by atoms with van der Waals surface area (Å²) in [6.45, 7) is 0.371. The lowest BCUT2D eigenvalue weighted by Crippen LogP contribution is -2.57. The van der Waals surface area contributed by atoms with Crippen LogP contribution in [0.15, 0.2) is 30.3 Å². The lowest BCUT2D eigenvalue weighted by atomic mass is 10.0. The van der Waals surface area contributed by atoms with Crippen molar-refractivity contribution in [1.29, 1.82) is 0 Å².